The first-order valence-electron chi connectivity index (χ1n) is 13.4. The number of pyridine rings is 2. The molecule has 9 nitrogen and oxygen atoms in total. The molecule has 0 aliphatic carbocycles. The van der Waals surface area contributed by atoms with Crippen LogP contribution < -0.4 is 25.0 Å². The Labute approximate surface area is 278 Å². The third-order valence-corrected chi connectivity index (χ3v) is 11.0. The lowest BCUT2D eigenvalue weighted by molar-refractivity contribution is -0.594. The molecule has 0 saturated heterocycles. The summed E-state index contributed by atoms with van der Waals surface area (Å²) in [5, 5.41) is 2.21. The first kappa shape index (κ1) is 38.3. The Hall–Kier alpha value is -4.55. The summed E-state index contributed by atoms with van der Waals surface area (Å²) >= 11 is 0. The van der Waals surface area contributed by atoms with Crippen LogP contribution in [-0.2, 0) is 24.8 Å². The van der Waals surface area contributed by atoms with E-state index in [0.717, 1.165) is 38.4 Å². The third-order valence-electron chi connectivity index (χ3n) is 6.78. The molecule has 6 rings (SSSR count). The van der Waals surface area contributed by atoms with Crippen LogP contribution in [0, 0.1) is 11.6 Å². The minimum absolute atomic E-state index is 0.307. The van der Waals surface area contributed by atoms with Crippen LogP contribution in [0.1, 0.15) is 0 Å². The van der Waals surface area contributed by atoms with E-state index in [1.54, 1.807) is 24.3 Å². The Kier molecular flexibility index (Phi) is 10.7. The lowest BCUT2D eigenvalue weighted by Crippen LogP contribution is -2.36. The van der Waals surface area contributed by atoms with Crippen molar-refractivity contribution in [3.8, 4) is 22.5 Å². The molecule has 1 aliphatic heterocycles. The standard InChI is InChI=1S/C28H19F2N2OP.2CHF3O3S/c29-20-6-10-22(11-7-20)31-16-14-25-26-15-17-32(23-12-8-21(30)9-13-23)19-28(26)34(33,27(25)18-31)24-4-2-1-3-5-24;2*2-1(3,4)8(5,6)7/h1-19H;2*(H,5,6,7)/q+2;;/p-2. The fourth-order valence-corrected chi connectivity index (χ4v) is 7.57. The predicted molar refractivity (Wildman–Crippen MR) is 159 cm³/mol. The highest BCUT2D eigenvalue weighted by atomic mass is 32.2. The number of alkyl halides is 6. The Balaban J connectivity index is 0.000000294. The number of fused-ring (bicyclic) bond motifs is 3. The van der Waals surface area contributed by atoms with Gasteiger partial charge in [-0.15, -0.1) is 0 Å². The average Bonchev–Trinajstić information content (AvgIpc) is 3.29. The minimum atomic E-state index is -6.09. The first-order valence-corrected chi connectivity index (χ1v) is 17.9. The number of halogens is 8. The van der Waals surface area contributed by atoms with Crippen molar-refractivity contribution in [2.45, 2.75) is 11.0 Å². The van der Waals surface area contributed by atoms with Gasteiger partial charge in [0, 0.05) is 52.8 Å². The maximum Gasteiger partial charge on any atom is 0.485 e. The summed E-state index contributed by atoms with van der Waals surface area (Å²) in [5.74, 6) is -0.614. The van der Waals surface area contributed by atoms with E-state index >= 15 is 0 Å². The first-order chi connectivity index (χ1) is 23.0. The van der Waals surface area contributed by atoms with E-state index in [-0.39, 0.29) is 11.6 Å². The molecular weight excluding hydrogens is 747 g/mol. The normalized spacial score (nSPS) is 13.6. The molecule has 0 spiro atoms. The van der Waals surface area contributed by atoms with Gasteiger partial charge in [0.25, 0.3) is 0 Å². The van der Waals surface area contributed by atoms with E-state index < -0.39 is 38.4 Å². The molecule has 0 N–H and O–H groups in total. The lowest BCUT2D eigenvalue weighted by atomic mass is 10.1. The van der Waals surface area contributed by atoms with Gasteiger partial charge >= 0.3 is 11.0 Å². The monoisotopic (exact) mass is 766 g/mol. The van der Waals surface area contributed by atoms with Gasteiger partial charge in [-0.25, -0.2) is 25.6 Å². The van der Waals surface area contributed by atoms with Crippen LogP contribution in [0.4, 0.5) is 35.1 Å². The van der Waals surface area contributed by atoms with Crippen LogP contribution in [-0.4, -0.2) is 37.0 Å². The van der Waals surface area contributed by atoms with Gasteiger partial charge < -0.3 is 13.7 Å². The third kappa shape index (κ3) is 8.24. The highest BCUT2D eigenvalue weighted by Crippen LogP contribution is 2.51. The summed E-state index contributed by atoms with van der Waals surface area (Å²) in [6, 6.07) is 25.8. The van der Waals surface area contributed by atoms with Crippen molar-refractivity contribution in [1.82, 2.24) is 0 Å². The minimum Gasteiger partial charge on any atom is -0.741 e. The van der Waals surface area contributed by atoms with E-state index in [0.29, 0.717) is 0 Å². The summed E-state index contributed by atoms with van der Waals surface area (Å²) in [7, 11) is -15.4. The topological polar surface area (TPSA) is 139 Å². The van der Waals surface area contributed by atoms with Crippen molar-refractivity contribution in [2.75, 3.05) is 0 Å². The van der Waals surface area contributed by atoms with Gasteiger partial charge in [-0.1, -0.05) is 30.3 Å². The molecule has 20 heteroatoms. The van der Waals surface area contributed by atoms with Crippen molar-refractivity contribution in [3.05, 3.63) is 127 Å². The highest BCUT2D eigenvalue weighted by molar-refractivity contribution is 7.87. The fraction of sp³-hybridized carbons (Fsp3) is 0.0667. The number of aromatic nitrogens is 2. The fourth-order valence-electron chi connectivity index (χ4n) is 4.52. The van der Waals surface area contributed by atoms with E-state index in [9.17, 15) is 39.7 Å². The largest absolute Gasteiger partial charge is 0.741 e. The highest BCUT2D eigenvalue weighted by Gasteiger charge is 2.45. The van der Waals surface area contributed by atoms with Crippen molar-refractivity contribution in [2.24, 2.45) is 0 Å². The maximum absolute atomic E-state index is 15.0. The molecule has 5 aromatic rings. The van der Waals surface area contributed by atoms with Crippen molar-refractivity contribution in [1.29, 1.82) is 0 Å². The molecule has 3 heterocycles. The molecule has 0 unspecified atom stereocenters. The molecule has 0 fully saturated rings. The molecular formula is C30H19F8N2O7PS2. The molecule has 3 aromatic carbocycles. The van der Waals surface area contributed by atoms with Gasteiger partial charge in [-0.05, 0) is 24.3 Å². The van der Waals surface area contributed by atoms with Gasteiger partial charge in [-0.3, -0.25) is 0 Å². The van der Waals surface area contributed by atoms with Gasteiger partial charge in [0.1, 0.15) is 11.6 Å². The van der Waals surface area contributed by atoms with Crippen molar-refractivity contribution < 1.29 is 74.8 Å². The maximum atomic E-state index is 15.0. The number of hydrogen-bond acceptors (Lipinski definition) is 7. The zero-order valence-corrected chi connectivity index (χ0v) is 27.0. The second-order valence-electron chi connectivity index (χ2n) is 10.00. The number of rotatable bonds is 3. The van der Waals surface area contributed by atoms with Crippen molar-refractivity contribution in [3.63, 3.8) is 0 Å². The van der Waals surface area contributed by atoms with Gasteiger partial charge in [0.15, 0.2) is 52.2 Å². The molecule has 264 valence electrons. The Morgan fingerprint density at radius 3 is 1.16 bits per heavy atom. The number of nitrogens with zero attached hydrogens (tertiary/aromatic N) is 2. The molecule has 2 aromatic heterocycles. The molecule has 50 heavy (non-hydrogen) atoms. The SMILES string of the molecule is O=P1(c2ccccc2)c2c[n+](-c3ccc(F)cc3)ccc2-c2cc[n+](-c3ccc(F)cc3)cc21.O=S(=O)([O-])C(F)(F)F.O=S(=O)([O-])C(F)(F)F. The van der Waals surface area contributed by atoms with Crippen LogP contribution in [0.2, 0.25) is 0 Å². The van der Waals surface area contributed by atoms with E-state index in [1.807, 2.05) is 76.4 Å². The van der Waals surface area contributed by atoms with Crippen LogP contribution in [0.3, 0.4) is 0 Å². The van der Waals surface area contributed by atoms with E-state index in [1.165, 1.54) is 24.3 Å². The zero-order chi connectivity index (χ0) is 37.3. The quantitative estimate of drug-likeness (QED) is 0.0864. The Morgan fingerprint density at radius 2 is 0.860 bits per heavy atom. The second kappa shape index (κ2) is 14.0. The smallest absolute Gasteiger partial charge is 0.485 e. The second-order valence-corrected chi connectivity index (χ2v) is 15.4. The van der Waals surface area contributed by atoms with E-state index in [2.05, 4.69) is 0 Å². The van der Waals surface area contributed by atoms with Crippen LogP contribution >= 0.6 is 7.14 Å². The zero-order valence-electron chi connectivity index (χ0n) is 24.5. The van der Waals surface area contributed by atoms with Gasteiger partial charge in [0.2, 0.25) is 11.4 Å². The molecule has 0 atom stereocenters. The molecule has 1 aliphatic rings. The van der Waals surface area contributed by atoms with Crippen LogP contribution in [0.5, 0.6) is 0 Å². The molecule has 0 bridgehead atoms. The summed E-state index contributed by atoms with van der Waals surface area (Å²) in [5.41, 5.74) is -7.92. The van der Waals surface area contributed by atoms with Gasteiger partial charge in [0.05, 0.1) is 10.6 Å². The Morgan fingerprint density at radius 1 is 0.540 bits per heavy atom. The average molecular weight is 767 g/mol. The van der Waals surface area contributed by atoms with Gasteiger partial charge in [-0.2, -0.15) is 35.5 Å². The summed E-state index contributed by atoms with van der Waals surface area (Å²) in [4.78, 5) is 0. The predicted octanol–water partition coefficient (Wildman–Crippen LogP) is 4.24. The molecule has 0 saturated carbocycles. The van der Waals surface area contributed by atoms with E-state index in [4.69, 9.17) is 25.9 Å². The van der Waals surface area contributed by atoms with Crippen LogP contribution in [0.15, 0.2) is 116 Å². The lowest BCUT2D eigenvalue weighted by Gasteiger charge is -2.13. The molecule has 0 radical (unpaired) electrons. The number of benzene rings is 3. The van der Waals surface area contributed by atoms with Crippen LogP contribution in [0.25, 0.3) is 22.5 Å². The summed E-state index contributed by atoms with van der Waals surface area (Å²) in [6.07, 6.45) is 7.58. The summed E-state index contributed by atoms with van der Waals surface area (Å²) < 4.78 is 163. The summed E-state index contributed by atoms with van der Waals surface area (Å²) in [6.45, 7) is 0. The number of hydrogen-bond donors (Lipinski definition) is 0. The molecule has 0 amide bonds. The Bertz CT molecular complexity index is 2150. The van der Waals surface area contributed by atoms with Crippen molar-refractivity contribution >= 4 is 43.3 Å².